The summed E-state index contributed by atoms with van der Waals surface area (Å²) in [5, 5.41) is 2.81. The molecule has 0 radical (unpaired) electrons. The van der Waals surface area contributed by atoms with Gasteiger partial charge in [-0.25, -0.2) is 0 Å². The molecule has 0 amide bonds. The van der Waals surface area contributed by atoms with Crippen LogP contribution in [0.15, 0.2) is 18.2 Å². The molecule has 3 nitrogen and oxygen atoms in total. The standard InChI is InChI=1S/C12H13ClF3NO2/c13-8-1-2-11(10(5-8)12(14,15)16)17-6-9-3-4-18-7-19-9/h1-2,5,9,17H,3-4,6-7H2. The van der Waals surface area contributed by atoms with Gasteiger partial charge in [0.1, 0.15) is 6.79 Å². The third-order valence-electron chi connectivity index (χ3n) is 2.78. The summed E-state index contributed by atoms with van der Waals surface area (Å²) >= 11 is 5.60. The van der Waals surface area contributed by atoms with E-state index in [0.29, 0.717) is 19.6 Å². The van der Waals surface area contributed by atoms with Crippen molar-refractivity contribution < 1.29 is 22.6 Å². The second-order valence-electron chi connectivity index (χ2n) is 4.17. The summed E-state index contributed by atoms with van der Waals surface area (Å²) in [6.07, 6.45) is -3.93. The first kappa shape index (κ1) is 14.4. The van der Waals surface area contributed by atoms with Gasteiger partial charge in [-0.3, -0.25) is 0 Å². The van der Waals surface area contributed by atoms with Crippen LogP contribution in [0.25, 0.3) is 0 Å². The molecular formula is C12H13ClF3NO2. The second-order valence-corrected chi connectivity index (χ2v) is 4.61. The van der Waals surface area contributed by atoms with Gasteiger partial charge in [0, 0.05) is 17.3 Å². The minimum absolute atomic E-state index is 0.00647. The van der Waals surface area contributed by atoms with Gasteiger partial charge in [0.25, 0.3) is 0 Å². The Morgan fingerprint density at radius 3 is 2.79 bits per heavy atom. The first-order valence-electron chi connectivity index (χ1n) is 5.77. The Morgan fingerprint density at radius 1 is 1.37 bits per heavy atom. The molecular weight excluding hydrogens is 283 g/mol. The monoisotopic (exact) mass is 295 g/mol. The van der Waals surface area contributed by atoms with Gasteiger partial charge in [0.2, 0.25) is 0 Å². The average molecular weight is 296 g/mol. The molecule has 0 spiro atoms. The number of benzene rings is 1. The Bertz CT molecular complexity index is 433. The van der Waals surface area contributed by atoms with E-state index >= 15 is 0 Å². The van der Waals surface area contributed by atoms with Crippen molar-refractivity contribution in [3.63, 3.8) is 0 Å². The van der Waals surface area contributed by atoms with Gasteiger partial charge in [0.15, 0.2) is 0 Å². The zero-order valence-electron chi connectivity index (χ0n) is 9.97. The molecule has 1 unspecified atom stereocenters. The molecule has 1 fully saturated rings. The van der Waals surface area contributed by atoms with Crippen LogP contribution in [-0.2, 0) is 15.7 Å². The Hall–Kier alpha value is -0.980. The van der Waals surface area contributed by atoms with Gasteiger partial charge >= 0.3 is 6.18 Å². The molecule has 106 valence electrons. The lowest BCUT2D eigenvalue weighted by molar-refractivity contribution is -0.137. The van der Waals surface area contributed by atoms with Crippen LogP contribution >= 0.6 is 11.6 Å². The number of alkyl halides is 3. The Kier molecular flexibility index (Phi) is 4.54. The van der Waals surface area contributed by atoms with E-state index in [9.17, 15) is 13.2 Å². The maximum Gasteiger partial charge on any atom is 0.418 e. The minimum Gasteiger partial charge on any atom is -0.382 e. The molecule has 1 N–H and O–H groups in total. The van der Waals surface area contributed by atoms with Crippen LogP contribution in [-0.4, -0.2) is 26.0 Å². The summed E-state index contributed by atoms with van der Waals surface area (Å²) in [7, 11) is 0. The molecule has 0 bridgehead atoms. The molecule has 19 heavy (non-hydrogen) atoms. The summed E-state index contributed by atoms with van der Waals surface area (Å²) in [6.45, 7) is 1.03. The van der Waals surface area contributed by atoms with Crippen LogP contribution in [0.4, 0.5) is 18.9 Å². The number of rotatable bonds is 3. The molecule has 0 aliphatic carbocycles. The van der Waals surface area contributed by atoms with E-state index in [1.54, 1.807) is 0 Å². The second kappa shape index (κ2) is 5.98. The van der Waals surface area contributed by atoms with E-state index in [2.05, 4.69) is 5.32 Å². The van der Waals surface area contributed by atoms with Crippen molar-refractivity contribution in [2.24, 2.45) is 0 Å². The van der Waals surface area contributed by atoms with Crippen LogP contribution in [0.2, 0.25) is 5.02 Å². The van der Waals surface area contributed by atoms with Crippen LogP contribution in [0, 0.1) is 0 Å². The zero-order chi connectivity index (χ0) is 13.9. The number of hydrogen-bond acceptors (Lipinski definition) is 3. The number of anilines is 1. The summed E-state index contributed by atoms with van der Waals surface area (Å²) in [6, 6.07) is 3.66. The predicted molar refractivity (Wildman–Crippen MR) is 65.3 cm³/mol. The molecule has 1 atom stereocenters. The van der Waals surface area contributed by atoms with Crippen molar-refractivity contribution in [2.45, 2.75) is 18.7 Å². The first-order chi connectivity index (χ1) is 8.97. The van der Waals surface area contributed by atoms with Gasteiger partial charge in [-0.2, -0.15) is 13.2 Å². The maximum atomic E-state index is 12.8. The molecule has 1 aromatic carbocycles. The fraction of sp³-hybridized carbons (Fsp3) is 0.500. The Morgan fingerprint density at radius 2 is 2.16 bits per heavy atom. The van der Waals surface area contributed by atoms with Crippen molar-refractivity contribution in [1.29, 1.82) is 0 Å². The van der Waals surface area contributed by atoms with Crippen molar-refractivity contribution in [3.05, 3.63) is 28.8 Å². The van der Waals surface area contributed by atoms with E-state index in [-0.39, 0.29) is 23.6 Å². The van der Waals surface area contributed by atoms with E-state index in [1.807, 2.05) is 0 Å². The number of halogens is 4. The molecule has 1 saturated heterocycles. The molecule has 1 heterocycles. The summed E-state index contributed by atoms with van der Waals surface area (Å²) < 4.78 is 48.8. The lowest BCUT2D eigenvalue weighted by Crippen LogP contribution is -2.30. The van der Waals surface area contributed by atoms with E-state index in [0.717, 1.165) is 6.07 Å². The molecule has 1 aliphatic heterocycles. The van der Waals surface area contributed by atoms with Gasteiger partial charge in [0.05, 0.1) is 18.3 Å². The molecule has 7 heteroatoms. The highest BCUT2D eigenvalue weighted by atomic mass is 35.5. The van der Waals surface area contributed by atoms with Crippen molar-refractivity contribution >= 4 is 17.3 Å². The summed E-state index contributed by atoms with van der Waals surface area (Å²) in [4.78, 5) is 0. The van der Waals surface area contributed by atoms with Crippen LogP contribution in [0.3, 0.4) is 0 Å². The van der Waals surface area contributed by atoms with Crippen LogP contribution in [0.5, 0.6) is 0 Å². The maximum absolute atomic E-state index is 12.8. The number of hydrogen-bond donors (Lipinski definition) is 1. The fourth-order valence-corrected chi connectivity index (χ4v) is 1.96. The predicted octanol–water partition coefficient (Wildman–Crippen LogP) is 3.53. The summed E-state index contributed by atoms with van der Waals surface area (Å²) in [5.41, 5.74) is -0.765. The molecule has 0 saturated carbocycles. The van der Waals surface area contributed by atoms with Gasteiger partial charge < -0.3 is 14.8 Å². The van der Waals surface area contributed by atoms with E-state index < -0.39 is 11.7 Å². The number of nitrogens with one attached hydrogen (secondary N) is 1. The molecule has 0 aromatic heterocycles. The normalized spacial score (nSPS) is 20.3. The zero-order valence-corrected chi connectivity index (χ0v) is 10.7. The fourth-order valence-electron chi connectivity index (χ4n) is 1.79. The molecule has 1 aromatic rings. The smallest absolute Gasteiger partial charge is 0.382 e. The van der Waals surface area contributed by atoms with E-state index in [4.69, 9.17) is 21.1 Å². The van der Waals surface area contributed by atoms with E-state index in [1.165, 1.54) is 12.1 Å². The quantitative estimate of drug-likeness (QED) is 0.925. The minimum atomic E-state index is -4.44. The van der Waals surface area contributed by atoms with Gasteiger partial charge in [-0.15, -0.1) is 0 Å². The molecule has 1 aliphatic rings. The van der Waals surface area contributed by atoms with Crippen molar-refractivity contribution in [1.82, 2.24) is 0 Å². The third kappa shape index (κ3) is 3.99. The largest absolute Gasteiger partial charge is 0.418 e. The molecule has 2 rings (SSSR count). The van der Waals surface area contributed by atoms with Gasteiger partial charge in [-0.1, -0.05) is 11.6 Å². The lowest BCUT2D eigenvalue weighted by atomic mass is 10.1. The van der Waals surface area contributed by atoms with Gasteiger partial charge in [-0.05, 0) is 24.6 Å². The van der Waals surface area contributed by atoms with Crippen LogP contribution in [0.1, 0.15) is 12.0 Å². The highest BCUT2D eigenvalue weighted by Gasteiger charge is 2.33. The van der Waals surface area contributed by atoms with Crippen LogP contribution < -0.4 is 5.32 Å². The highest BCUT2D eigenvalue weighted by Crippen LogP contribution is 2.36. The van der Waals surface area contributed by atoms with Crippen molar-refractivity contribution in [3.8, 4) is 0 Å². The Balaban J connectivity index is 2.06. The Labute approximate surface area is 113 Å². The lowest BCUT2D eigenvalue weighted by Gasteiger charge is -2.24. The summed E-state index contributed by atoms with van der Waals surface area (Å²) in [5.74, 6) is 0. The third-order valence-corrected chi connectivity index (χ3v) is 3.01. The SMILES string of the molecule is FC(F)(F)c1cc(Cl)ccc1NCC1CCOCO1. The number of ether oxygens (including phenoxy) is 2. The topological polar surface area (TPSA) is 30.5 Å². The first-order valence-corrected chi connectivity index (χ1v) is 6.14. The van der Waals surface area contributed by atoms with Crippen molar-refractivity contribution in [2.75, 3.05) is 25.3 Å². The average Bonchev–Trinajstić information content (AvgIpc) is 2.37. The highest BCUT2D eigenvalue weighted by molar-refractivity contribution is 6.30.